The lowest BCUT2D eigenvalue weighted by molar-refractivity contribution is -0.120. The smallest absolute Gasteiger partial charge is 0.155 e. The van der Waals surface area contributed by atoms with Crippen molar-refractivity contribution in [2.75, 3.05) is 11.4 Å². The molecular weight excluding hydrogens is 346 g/mol. The monoisotopic (exact) mass is 367 g/mol. The number of nitrogens with zero attached hydrogens (tertiary/aromatic N) is 3. The topological polar surface area (TPSA) is 57.0 Å². The van der Waals surface area contributed by atoms with E-state index in [1.165, 1.54) is 0 Å². The Hall–Kier alpha value is -2.38. The number of aromatic nitrogens is 1. The number of hydrogen-bond acceptors (Lipinski definition) is 4. The lowest BCUT2D eigenvalue weighted by atomic mass is 10.0. The molecule has 3 rings (SSSR count). The third-order valence-electron chi connectivity index (χ3n) is 4.82. The largest absolute Gasteiger partial charge is 0.347 e. The van der Waals surface area contributed by atoms with E-state index in [4.69, 9.17) is 16.9 Å². The van der Waals surface area contributed by atoms with Crippen LogP contribution in [-0.2, 0) is 11.2 Å². The molecule has 0 amide bonds. The van der Waals surface area contributed by atoms with Gasteiger partial charge >= 0.3 is 0 Å². The molecule has 1 fully saturated rings. The predicted molar refractivity (Wildman–Crippen MR) is 103 cm³/mol. The fraction of sp³-hybridized carbons (Fsp3) is 0.381. The molecule has 1 aliphatic rings. The van der Waals surface area contributed by atoms with Gasteiger partial charge < -0.3 is 4.90 Å². The summed E-state index contributed by atoms with van der Waals surface area (Å²) in [7, 11) is 0. The number of carbonyl (C=O) groups excluding carboxylic acids is 1. The van der Waals surface area contributed by atoms with Gasteiger partial charge in [0.25, 0.3) is 0 Å². The van der Waals surface area contributed by atoms with E-state index in [1.807, 2.05) is 43.3 Å². The van der Waals surface area contributed by atoms with Crippen LogP contribution in [-0.4, -0.2) is 23.4 Å². The maximum Gasteiger partial charge on any atom is 0.155 e. The number of halogens is 1. The van der Waals surface area contributed by atoms with E-state index in [9.17, 15) is 4.79 Å². The molecule has 2 heterocycles. The molecule has 134 valence electrons. The van der Waals surface area contributed by atoms with E-state index in [2.05, 4.69) is 16.0 Å². The predicted octanol–water partition coefficient (Wildman–Crippen LogP) is 4.48. The van der Waals surface area contributed by atoms with Crippen LogP contribution in [0.5, 0.6) is 0 Å². The first-order valence-corrected chi connectivity index (χ1v) is 9.37. The Morgan fingerprint density at radius 3 is 2.81 bits per heavy atom. The van der Waals surface area contributed by atoms with E-state index in [0.29, 0.717) is 17.1 Å². The minimum absolute atomic E-state index is 0.0960. The molecule has 1 aliphatic heterocycles. The van der Waals surface area contributed by atoms with Gasteiger partial charge in [-0.1, -0.05) is 23.7 Å². The highest BCUT2D eigenvalue weighted by Gasteiger charge is 2.31. The van der Waals surface area contributed by atoms with Crippen LogP contribution in [0.15, 0.2) is 36.4 Å². The minimum atomic E-state index is -0.0960. The van der Waals surface area contributed by atoms with E-state index in [1.54, 1.807) is 0 Å². The number of pyridine rings is 1. The van der Waals surface area contributed by atoms with Crippen molar-refractivity contribution < 1.29 is 4.79 Å². The number of aryl methyl sites for hydroxylation is 2. The van der Waals surface area contributed by atoms with Crippen LogP contribution < -0.4 is 4.90 Å². The van der Waals surface area contributed by atoms with Gasteiger partial charge in [0.1, 0.15) is 11.0 Å². The molecule has 1 aromatic heterocycles. The van der Waals surface area contributed by atoms with Gasteiger partial charge in [-0.25, -0.2) is 4.98 Å². The fourth-order valence-corrected chi connectivity index (χ4v) is 3.77. The molecule has 2 aromatic rings. The Balaban J connectivity index is 1.58. The van der Waals surface area contributed by atoms with Gasteiger partial charge in [-0.2, -0.15) is 5.26 Å². The minimum Gasteiger partial charge on any atom is -0.347 e. The summed E-state index contributed by atoms with van der Waals surface area (Å²) in [6, 6.07) is 13.4. The molecule has 4 nitrogen and oxygen atoms in total. The van der Waals surface area contributed by atoms with Crippen molar-refractivity contribution in [2.24, 2.45) is 0 Å². The van der Waals surface area contributed by atoms with Gasteiger partial charge in [0.15, 0.2) is 5.78 Å². The summed E-state index contributed by atoms with van der Waals surface area (Å²) in [6.07, 6.45) is 4.10. The normalized spacial score (nSPS) is 16.5. The summed E-state index contributed by atoms with van der Waals surface area (Å²) in [5.74, 6) is 1.08. The Labute approximate surface area is 159 Å². The third-order valence-corrected chi connectivity index (χ3v) is 5.01. The van der Waals surface area contributed by atoms with Crippen molar-refractivity contribution in [2.45, 2.75) is 45.1 Å². The Morgan fingerprint density at radius 2 is 2.12 bits per heavy atom. The highest BCUT2D eigenvalue weighted by Crippen LogP contribution is 2.27. The summed E-state index contributed by atoms with van der Waals surface area (Å²) in [4.78, 5) is 19.2. The van der Waals surface area contributed by atoms with Gasteiger partial charge in [-0.15, -0.1) is 0 Å². The number of anilines is 1. The number of carbonyl (C=O) groups is 1. The molecule has 0 radical (unpaired) electrons. The van der Waals surface area contributed by atoms with Gasteiger partial charge in [-0.05, 0) is 68.0 Å². The second kappa shape index (κ2) is 8.33. The van der Waals surface area contributed by atoms with Gasteiger partial charge in [0, 0.05) is 13.0 Å². The van der Waals surface area contributed by atoms with Crippen molar-refractivity contribution in [3.8, 4) is 6.07 Å². The Morgan fingerprint density at radius 1 is 1.35 bits per heavy atom. The fourth-order valence-electron chi connectivity index (χ4n) is 3.51. The lowest BCUT2D eigenvalue weighted by Crippen LogP contribution is -2.36. The summed E-state index contributed by atoms with van der Waals surface area (Å²) in [5, 5.41) is 9.31. The number of rotatable bonds is 6. The van der Waals surface area contributed by atoms with Crippen LogP contribution >= 0.6 is 11.6 Å². The van der Waals surface area contributed by atoms with Crippen LogP contribution in [0.4, 0.5) is 5.82 Å². The van der Waals surface area contributed by atoms with E-state index < -0.39 is 0 Å². The average Bonchev–Trinajstić information content (AvgIpc) is 3.11. The molecule has 0 bridgehead atoms. The van der Waals surface area contributed by atoms with Crippen LogP contribution in [0.25, 0.3) is 0 Å². The van der Waals surface area contributed by atoms with E-state index in [0.717, 1.165) is 49.2 Å². The molecule has 0 aliphatic carbocycles. The van der Waals surface area contributed by atoms with Crippen LogP contribution in [0.3, 0.4) is 0 Å². The summed E-state index contributed by atoms with van der Waals surface area (Å²) < 4.78 is 0. The van der Waals surface area contributed by atoms with E-state index >= 15 is 0 Å². The Bertz CT molecular complexity index is 806. The highest BCUT2D eigenvalue weighted by atomic mass is 35.5. The molecule has 0 saturated carbocycles. The second-order valence-corrected chi connectivity index (χ2v) is 7.19. The first-order chi connectivity index (χ1) is 12.6. The van der Waals surface area contributed by atoms with Crippen molar-refractivity contribution in [3.63, 3.8) is 0 Å². The summed E-state index contributed by atoms with van der Waals surface area (Å²) in [6.45, 7) is 2.83. The Kier molecular flexibility index (Phi) is 5.90. The molecule has 1 atom stereocenters. The molecule has 26 heavy (non-hydrogen) atoms. The van der Waals surface area contributed by atoms with Crippen LogP contribution in [0, 0.1) is 18.3 Å². The number of Topliss-reactive ketones (excluding diaryl/α,β-unsaturated/α-hetero) is 1. The van der Waals surface area contributed by atoms with Crippen molar-refractivity contribution in [1.82, 2.24) is 4.98 Å². The first kappa shape index (κ1) is 18.4. The molecule has 0 N–H and O–H groups in total. The molecular formula is C21H22ClN3O. The van der Waals surface area contributed by atoms with Gasteiger partial charge in [-0.3, -0.25) is 4.79 Å². The van der Waals surface area contributed by atoms with Crippen molar-refractivity contribution in [3.05, 3.63) is 58.2 Å². The van der Waals surface area contributed by atoms with Gasteiger partial charge in [0.2, 0.25) is 0 Å². The molecule has 1 saturated heterocycles. The van der Waals surface area contributed by atoms with Crippen molar-refractivity contribution >= 4 is 23.2 Å². The number of hydrogen-bond donors (Lipinski definition) is 0. The summed E-state index contributed by atoms with van der Waals surface area (Å²) in [5.41, 5.74) is 2.88. The first-order valence-electron chi connectivity index (χ1n) is 8.99. The third kappa shape index (κ3) is 4.42. The van der Waals surface area contributed by atoms with Gasteiger partial charge in [0.05, 0.1) is 17.7 Å². The average molecular weight is 368 g/mol. The standard InChI is InChI=1S/C21H22ClN3O/c1-15-12-20(22)24-21(13-15)25-11-3-5-18(25)19(26)6-2-4-16-7-9-17(14-23)10-8-16/h7-10,12-13,18H,2-6,11H2,1H3/t18-/m0/s1. The highest BCUT2D eigenvalue weighted by molar-refractivity contribution is 6.29. The zero-order valence-electron chi connectivity index (χ0n) is 14.9. The number of nitriles is 1. The quantitative estimate of drug-likeness (QED) is 0.706. The van der Waals surface area contributed by atoms with Crippen LogP contribution in [0.2, 0.25) is 5.15 Å². The molecule has 5 heteroatoms. The zero-order chi connectivity index (χ0) is 18.5. The number of benzene rings is 1. The maximum absolute atomic E-state index is 12.7. The molecule has 0 spiro atoms. The summed E-state index contributed by atoms with van der Waals surface area (Å²) >= 11 is 6.09. The number of ketones is 1. The zero-order valence-corrected chi connectivity index (χ0v) is 15.7. The van der Waals surface area contributed by atoms with Crippen LogP contribution in [0.1, 0.15) is 42.4 Å². The molecule has 1 aromatic carbocycles. The van der Waals surface area contributed by atoms with Crippen molar-refractivity contribution in [1.29, 1.82) is 5.26 Å². The lowest BCUT2D eigenvalue weighted by Gasteiger charge is -2.25. The maximum atomic E-state index is 12.7. The molecule has 0 unspecified atom stereocenters. The second-order valence-electron chi connectivity index (χ2n) is 6.81. The van der Waals surface area contributed by atoms with E-state index in [-0.39, 0.29) is 11.8 Å². The SMILES string of the molecule is Cc1cc(Cl)nc(N2CCC[C@H]2C(=O)CCCc2ccc(C#N)cc2)c1.